The molecule has 4 nitrogen and oxygen atoms in total. The molecule has 0 unspecified atom stereocenters. The van der Waals surface area contributed by atoms with Crippen molar-refractivity contribution >= 4 is 17.2 Å². The minimum atomic E-state index is -3.27. The van der Waals surface area contributed by atoms with E-state index < -0.39 is 22.5 Å². The fourth-order valence-electron chi connectivity index (χ4n) is 0.696. The maximum absolute atomic E-state index is 11.7. The first-order valence-corrected chi connectivity index (χ1v) is 7.84. The van der Waals surface area contributed by atoms with Crippen molar-refractivity contribution in [2.75, 3.05) is 18.8 Å². The van der Waals surface area contributed by atoms with Crippen LogP contribution in [0.5, 0.6) is 0 Å². The smallest absolute Gasteiger partial charge is 0.217 e. The maximum Gasteiger partial charge on any atom is 0.217 e. The van der Waals surface area contributed by atoms with E-state index in [-0.39, 0.29) is 11.7 Å². The molecule has 0 bridgehead atoms. The summed E-state index contributed by atoms with van der Waals surface area (Å²) >= 11 is 0. The van der Waals surface area contributed by atoms with E-state index in [0.717, 1.165) is 0 Å². The molecule has 0 aliphatic rings. The van der Waals surface area contributed by atoms with Gasteiger partial charge < -0.3 is 4.52 Å². The molecule has 0 aromatic rings. The van der Waals surface area contributed by atoms with Crippen LogP contribution in [0.15, 0.2) is 0 Å². The van der Waals surface area contributed by atoms with E-state index in [2.05, 4.69) is 0 Å². The van der Waals surface area contributed by atoms with Crippen LogP contribution in [0.4, 0.5) is 0 Å². The molecule has 0 aliphatic heterocycles. The lowest BCUT2D eigenvalue weighted by atomic mass is 10.6. The third-order valence-corrected chi connectivity index (χ3v) is 7.99. The lowest BCUT2D eigenvalue weighted by Crippen LogP contribution is -2.18. The molecular formula is C7H17O4PS. The van der Waals surface area contributed by atoms with Gasteiger partial charge in [-0.2, -0.15) is 0 Å². The number of sulfone groups is 1. The molecule has 0 aliphatic carbocycles. The Labute approximate surface area is 80.0 Å². The molecule has 0 saturated carbocycles. The zero-order valence-corrected chi connectivity index (χ0v) is 10.2. The van der Waals surface area contributed by atoms with Gasteiger partial charge in [0.1, 0.15) is 5.49 Å². The Hall–Kier alpha value is 0.140. The van der Waals surface area contributed by atoms with Gasteiger partial charge in [-0.3, -0.25) is 4.57 Å². The first-order chi connectivity index (χ1) is 5.77. The first kappa shape index (κ1) is 13.1. The van der Waals surface area contributed by atoms with Gasteiger partial charge in [-0.1, -0.05) is 6.92 Å². The van der Waals surface area contributed by atoms with Crippen molar-refractivity contribution in [2.45, 2.75) is 26.0 Å². The Morgan fingerprint density at radius 2 is 1.85 bits per heavy atom. The summed E-state index contributed by atoms with van der Waals surface area (Å²) < 4.78 is 39.2. The zero-order valence-electron chi connectivity index (χ0n) is 8.48. The van der Waals surface area contributed by atoms with Crippen molar-refractivity contribution in [3.05, 3.63) is 0 Å². The molecule has 80 valence electrons. The molecule has 0 N–H and O–H groups in total. The maximum atomic E-state index is 11.7. The van der Waals surface area contributed by atoms with Crippen molar-refractivity contribution in [2.24, 2.45) is 0 Å². The topological polar surface area (TPSA) is 60.4 Å². The van der Waals surface area contributed by atoms with Crippen LogP contribution >= 0.6 is 7.37 Å². The lowest BCUT2D eigenvalue weighted by Gasteiger charge is -2.15. The van der Waals surface area contributed by atoms with E-state index in [0.29, 0.717) is 0 Å². The van der Waals surface area contributed by atoms with E-state index in [9.17, 15) is 13.0 Å². The Kier molecular flexibility index (Phi) is 4.63. The summed E-state index contributed by atoms with van der Waals surface area (Å²) in [6.07, 6.45) is 0.259. The van der Waals surface area contributed by atoms with Crippen LogP contribution in [0.1, 0.15) is 20.8 Å². The number of hydrogen-bond acceptors (Lipinski definition) is 4. The van der Waals surface area contributed by atoms with Crippen molar-refractivity contribution in [1.82, 2.24) is 0 Å². The van der Waals surface area contributed by atoms with Gasteiger partial charge in [0.05, 0.1) is 5.25 Å². The standard InChI is InChI=1S/C7H17O4PS/c1-5-12(8,11-4)6-13(9,10)7(2)3/h7H,5-6H2,1-4H3/t12-/m0/s1. The second-order valence-corrected chi connectivity index (χ2v) is 9.08. The van der Waals surface area contributed by atoms with Crippen molar-refractivity contribution in [3.8, 4) is 0 Å². The molecule has 13 heavy (non-hydrogen) atoms. The molecule has 0 amide bonds. The van der Waals surface area contributed by atoms with Crippen LogP contribution in [-0.4, -0.2) is 32.4 Å². The Balaban J connectivity index is 4.71. The average molecular weight is 228 g/mol. The van der Waals surface area contributed by atoms with E-state index >= 15 is 0 Å². The lowest BCUT2D eigenvalue weighted by molar-refractivity contribution is 0.398. The van der Waals surface area contributed by atoms with Gasteiger partial charge in [0.15, 0.2) is 9.84 Å². The largest absolute Gasteiger partial charge is 0.331 e. The summed E-state index contributed by atoms with van der Waals surface area (Å²) in [6, 6.07) is 0. The fourth-order valence-corrected chi connectivity index (χ4v) is 5.49. The van der Waals surface area contributed by atoms with Crippen molar-refractivity contribution < 1.29 is 17.5 Å². The summed E-state index contributed by atoms with van der Waals surface area (Å²) in [7, 11) is -4.92. The molecule has 1 atom stereocenters. The highest BCUT2D eigenvalue weighted by Gasteiger charge is 2.29. The fraction of sp³-hybridized carbons (Fsp3) is 1.00. The molecule has 0 fully saturated rings. The van der Waals surface area contributed by atoms with E-state index in [1.807, 2.05) is 0 Å². The predicted molar refractivity (Wildman–Crippen MR) is 54.1 cm³/mol. The van der Waals surface area contributed by atoms with E-state index in [4.69, 9.17) is 4.52 Å². The summed E-state index contributed by atoms with van der Waals surface area (Å²) in [5, 5.41) is -0.498. The molecule has 0 spiro atoms. The van der Waals surface area contributed by atoms with Crippen LogP contribution in [0.25, 0.3) is 0 Å². The molecule has 0 radical (unpaired) electrons. The van der Waals surface area contributed by atoms with Crippen LogP contribution in [0.2, 0.25) is 0 Å². The SMILES string of the molecule is CC[P@@](=O)(CS(=O)(=O)C(C)C)OC. The molecular weight excluding hydrogens is 211 g/mol. The minimum absolute atomic E-state index is 0.259. The third kappa shape index (κ3) is 3.79. The van der Waals surface area contributed by atoms with Crippen molar-refractivity contribution in [1.29, 1.82) is 0 Å². The van der Waals surface area contributed by atoms with E-state index in [1.165, 1.54) is 7.11 Å². The van der Waals surface area contributed by atoms with E-state index in [1.54, 1.807) is 20.8 Å². The van der Waals surface area contributed by atoms with Gasteiger partial charge in [0.2, 0.25) is 7.37 Å². The third-order valence-electron chi connectivity index (χ3n) is 1.91. The van der Waals surface area contributed by atoms with Gasteiger partial charge in [-0.15, -0.1) is 0 Å². The zero-order chi connectivity index (χ0) is 10.7. The van der Waals surface area contributed by atoms with Crippen LogP contribution < -0.4 is 0 Å². The Morgan fingerprint density at radius 1 is 1.38 bits per heavy atom. The highest BCUT2D eigenvalue weighted by Crippen LogP contribution is 2.47. The predicted octanol–water partition coefficient (Wildman–Crippen LogP) is 1.71. The highest BCUT2D eigenvalue weighted by molar-refractivity contribution is 7.98. The quantitative estimate of drug-likeness (QED) is 0.672. The van der Waals surface area contributed by atoms with Crippen LogP contribution in [0.3, 0.4) is 0 Å². The Bertz CT molecular complexity index is 286. The van der Waals surface area contributed by atoms with Crippen LogP contribution in [0, 0.1) is 0 Å². The highest BCUT2D eigenvalue weighted by atomic mass is 32.2. The molecule has 0 saturated heterocycles. The molecule has 0 aromatic heterocycles. The number of hydrogen-bond donors (Lipinski definition) is 0. The van der Waals surface area contributed by atoms with Gasteiger partial charge in [-0.25, -0.2) is 8.42 Å². The summed E-state index contributed by atoms with van der Waals surface area (Å²) in [5.74, 6) is 0. The average Bonchev–Trinajstić information content (AvgIpc) is 2.03. The summed E-state index contributed by atoms with van der Waals surface area (Å²) in [5.41, 5.74) is -0.343. The first-order valence-electron chi connectivity index (χ1n) is 4.13. The van der Waals surface area contributed by atoms with Crippen molar-refractivity contribution in [3.63, 3.8) is 0 Å². The molecule has 0 heterocycles. The minimum Gasteiger partial charge on any atom is -0.331 e. The second-order valence-electron chi connectivity index (χ2n) is 3.15. The normalized spacial score (nSPS) is 17.3. The van der Waals surface area contributed by atoms with Gasteiger partial charge in [-0.05, 0) is 13.8 Å². The van der Waals surface area contributed by atoms with Crippen LogP contribution in [-0.2, 0) is 18.9 Å². The second kappa shape index (κ2) is 4.58. The Morgan fingerprint density at radius 3 is 2.08 bits per heavy atom. The summed E-state index contributed by atoms with van der Waals surface area (Å²) in [6.45, 7) is 4.82. The van der Waals surface area contributed by atoms with Gasteiger partial charge >= 0.3 is 0 Å². The monoisotopic (exact) mass is 228 g/mol. The van der Waals surface area contributed by atoms with Gasteiger partial charge in [0.25, 0.3) is 0 Å². The molecule has 0 rings (SSSR count). The molecule has 6 heteroatoms. The molecule has 0 aromatic carbocycles. The van der Waals surface area contributed by atoms with Gasteiger partial charge in [0, 0.05) is 13.3 Å². The summed E-state index contributed by atoms with van der Waals surface area (Å²) in [4.78, 5) is 0. The number of rotatable bonds is 5.